The lowest BCUT2D eigenvalue weighted by Gasteiger charge is -2.36. The Kier molecular flexibility index (Phi) is 11.3. The Morgan fingerprint density at radius 3 is 2.09 bits per heavy atom. The van der Waals surface area contributed by atoms with E-state index in [4.69, 9.17) is 14.2 Å². The number of halogens is 10. The van der Waals surface area contributed by atoms with Crippen LogP contribution in [-0.2, 0) is 28.0 Å². The van der Waals surface area contributed by atoms with E-state index >= 15 is 4.39 Å². The van der Waals surface area contributed by atoms with Crippen LogP contribution in [0, 0.1) is 11.2 Å². The smallest absolute Gasteiger partial charge is 0.417 e. The first kappa shape index (κ1) is 41.0. The summed E-state index contributed by atoms with van der Waals surface area (Å²) in [6.07, 6.45) is -17.2. The van der Waals surface area contributed by atoms with Crippen molar-refractivity contribution in [3.8, 4) is 16.9 Å². The number of ether oxygens (including phenoxy) is 3. The van der Waals surface area contributed by atoms with Gasteiger partial charge in [0, 0.05) is 18.2 Å². The van der Waals surface area contributed by atoms with Crippen molar-refractivity contribution in [3.05, 3.63) is 93.3 Å². The lowest BCUT2D eigenvalue weighted by atomic mass is 9.72. The lowest BCUT2D eigenvalue weighted by Crippen LogP contribution is -2.38. The fraction of sp³-hybridized carbons (Fsp3) is 0.447. The molecule has 3 aromatic rings. The molecule has 294 valence electrons. The van der Waals surface area contributed by atoms with E-state index in [9.17, 15) is 49.4 Å². The first-order valence-corrected chi connectivity index (χ1v) is 16.8. The second-order valence-electron chi connectivity index (χ2n) is 14.1. The van der Waals surface area contributed by atoms with Gasteiger partial charge in [-0.3, -0.25) is 0 Å². The Labute approximate surface area is 304 Å². The zero-order valence-electron chi connectivity index (χ0n) is 29.7. The summed E-state index contributed by atoms with van der Waals surface area (Å²) in [7, 11) is 1.18. The highest BCUT2D eigenvalue weighted by atomic mass is 19.4. The van der Waals surface area contributed by atoms with Crippen molar-refractivity contribution in [1.29, 1.82) is 0 Å². The molecule has 3 atom stereocenters. The molecule has 1 saturated heterocycles. The van der Waals surface area contributed by atoms with E-state index in [0.29, 0.717) is 42.5 Å². The summed E-state index contributed by atoms with van der Waals surface area (Å²) in [5.74, 6) is -2.27. The summed E-state index contributed by atoms with van der Waals surface area (Å²) in [5, 5.41) is 11.0. The van der Waals surface area contributed by atoms with Gasteiger partial charge in [-0.1, -0.05) is 25.5 Å². The van der Waals surface area contributed by atoms with Crippen molar-refractivity contribution < 1.29 is 68.0 Å². The largest absolute Gasteiger partial charge is 0.496 e. The van der Waals surface area contributed by atoms with Crippen LogP contribution >= 0.6 is 0 Å². The minimum atomic E-state index is -5.11. The van der Waals surface area contributed by atoms with Gasteiger partial charge < -0.3 is 19.3 Å². The maximum atomic E-state index is 15.1. The maximum absolute atomic E-state index is 15.1. The van der Waals surface area contributed by atoms with Crippen molar-refractivity contribution in [2.75, 3.05) is 20.3 Å². The van der Waals surface area contributed by atoms with E-state index < -0.39 is 82.3 Å². The summed E-state index contributed by atoms with van der Waals surface area (Å²) in [6.45, 7) is 6.67. The number of rotatable bonds is 8. The molecule has 0 radical (unpaired) electrons. The quantitative estimate of drug-likeness (QED) is 0.182. The molecule has 54 heavy (non-hydrogen) atoms. The molecule has 0 spiro atoms. The van der Waals surface area contributed by atoms with Crippen LogP contribution in [0.5, 0.6) is 5.75 Å². The van der Waals surface area contributed by atoms with Crippen LogP contribution in [0.1, 0.15) is 91.2 Å². The Morgan fingerprint density at radius 2 is 1.56 bits per heavy atom. The van der Waals surface area contributed by atoms with Crippen LogP contribution in [0.15, 0.2) is 54.1 Å². The van der Waals surface area contributed by atoms with E-state index in [1.165, 1.54) is 31.9 Å². The Balaban J connectivity index is 1.61. The minimum absolute atomic E-state index is 0.00659. The first-order valence-electron chi connectivity index (χ1n) is 16.8. The Hall–Kier alpha value is -4.15. The van der Waals surface area contributed by atoms with E-state index in [0.717, 1.165) is 24.3 Å². The molecule has 0 aromatic heterocycles. The summed E-state index contributed by atoms with van der Waals surface area (Å²) in [6, 6.07) is 5.06. The molecule has 1 aliphatic heterocycles. The topological polar surface area (TPSA) is 68.2 Å². The van der Waals surface area contributed by atoms with E-state index in [-0.39, 0.29) is 41.5 Å². The summed E-state index contributed by atoms with van der Waals surface area (Å²) in [5.41, 5.74) is -4.84. The third-order valence-electron chi connectivity index (χ3n) is 9.74. The van der Waals surface area contributed by atoms with E-state index in [2.05, 4.69) is 0 Å². The molecule has 1 N–H and O–H groups in total. The number of benzene rings is 3. The molecular weight excluding hydrogens is 740 g/mol. The molecule has 1 heterocycles. The van der Waals surface area contributed by atoms with Gasteiger partial charge in [-0.25, -0.2) is 14.1 Å². The predicted octanol–water partition coefficient (Wildman–Crippen LogP) is 10.4. The van der Waals surface area contributed by atoms with Crippen molar-refractivity contribution in [1.82, 2.24) is 4.90 Å². The van der Waals surface area contributed by atoms with Gasteiger partial charge in [-0.05, 0) is 103 Å². The minimum Gasteiger partial charge on any atom is -0.496 e. The molecule has 1 unspecified atom stereocenters. The lowest BCUT2D eigenvalue weighted by molar-refractivity contribution is -0.150. The normalized spacial score (nSPS) is 21.1. The van der Waals surface area contributed by atoms with Crippen LogP contribution in [0.25, 0.3) is 16.7 Å². The fourth-order valence-electron chi connectivity index (χ4n) is 7.05. The number of aliphatic hydroxyl groups is 1. The van der Waals surface area contributed by atoms with Gasteiger partial charge in [0.25, 0.3) is 0 Å². The fourth-order valence-corrected chi connectivity index (χ4v) is 7.05. The van der Waals surface area contributed by atoms with E-state index in [1.54, 1.807) is 0 Å². The third-order valence-corrected chi connectivity index (χ3v) is 9.74. The van der Waals surface area contributed by atoms with Crippen molar-refractivity contribution in [2.24, 2.45) is 5.41 Å². The molecule has 6 nitrogen and oxygen atoms in total. The van der Waals surface area contributed by atoms with Crippen molar-refractivity contribution in [2.45, 2.75) is 84.0 Å². The highest BCUT2D eigenvalue weighted by Crippen LogP contribution is 2.49. The van der Waals surface area contributed by atoms with Gasteiger partial charge in [0.2, 0.25) is 6.41 Å². The van der Waals surface area contributed by atoms with Gasteiger partial charge >= 0.3 is 24.5 Å². The van der Waals surface area contributed by atoms with Gasteiger partial charge in [0.05, 0.1) is 36.0 Å². The van der Waals surface area contributed by atoms with Crippen molar-refractivity contribution in [3.63, 3.8) is 0 Å². The second-order valence-corrected chi connectivity index (χ2v) is 14.1. The Morgan fingerprint density at radius 1 is 0.926 bits per heavy atom. The highest BCUT2D eigenvalue weighted by Gasteiger charge is 2.44. The van der Waals surface area contributed by atoms with Crippen molar-refractivity contribution >= 4 is 11.5 Å². The summed E-state index contributed by atoms with van der Waals surface area (Å²) in [4.78, 5) is 13.5. The highest BCUT2D eigenvalue weighted by molar-refractivity contribution is 5.91. The SMILES string of the molecule is CCOC(=O)c1ccc(-c2cc(C3=C(CN4C(O)O[C@H](c5cc(C(F)(F)F)cc(C(F)(F)F)c5)[C@@H]4C)CC(C)(C)CC3)c(OC)cc2C(F)(F)F)cc1F. The number of alkyl halides is 9. The number of hydrogen-bond acceptors (Lipinski definition) is 6. The third kappa shape index (κ3) is 8.55. The second kappa shape index (κ2) is 14.8. The maximum Gasteiger partial charge on any atom is 0.417 e. The van der Waals surface area contributed by atoms with Gasteiger partial charge in [-0.2, -0.15) is 39.5 Å². The van der Waals surface area contributed by atoms with Gasteiger partial charge in [-0.15, -0.1) is 0 Å². The standard InChI is InChI=1S/C38H37F10NO5/c1-6-53-33(50)26-8-7-20(13-30(26)39)27-15-28(31(52-5)16-29(27)38(46,47)48)25-9-10-35(3,4)17-22(25)18-49-19(2)32(54-34(49)51)21-11-23(36(40,41)42)14-24(12-21)37(43,44)45/h7-8,11-16,19,32,34,51H,6,9-10,17-18H2,1-5H3/t19-,32-,34?/m0/s1. The van der Waals surface area contributed by atoms with Crippen LogP contribution in [-0.4, -0.2) is 48.7 Å². The number of carbonyl (C=O) groups excluding carboxylic acids is 1. The molecule has 1 fully saturated rings. The molecule has 16 heteroatoms. The zero-order valence-corrected chi connectivity index (χ0v) is 29.7. The number of aliphatic hydroxyl groups excluding tert-OH is 1. The number of esters is 1. The number of nitrogens with zero attached hydrogens (tertiary/aromatic N) is 1. The van der Waals surface area contributed by atoms with Crippen LogP contribution in [0.2, 0.25) is 0 Å². The Bertz CT molecular complexity index is 1900. The molecule has 5 rings (SSSR count). The number of carbonyl (C=O) groups is 1. The number of allylic oxidation sites excluding steroid dienone is 1. The predicted molar refractivity (Wildman–Crippen MR) is 176 cm³/mol. The summed E-state index contributed by atoms with van der Waals surface area (Å²) < 4.78 is 157. The molecule has 3 aromatic carbocycles. The van der Waals surface area contributed by atoms with Gasteiger partial charge in [0.1, 0.15) is 17.7 Å². The summed E-state index contributed by atoms with van der Waals surface area (Å²) >= 11 is 0. The number of methoxy groups -OCH3 is 1. The van der Waals surface area contributed by atoms with E-state index in [1.807, 2.05) is 13.8 Å². The first-order chi connectivity index (χ1) is 24.9. The van der Waals surface area contributed by atoms with Crippen LogP contribution in [0.3, 0.4) is 0 Å². The molecule has 1 aliphatic carbocycles. The average molecular weight is 778 g/mol. The average Bonchev–Trinajstić information content (AvgIpc) is 3.34. The molecule has 0 bridgehead atoms. The molecule has 2 aliphatic rings. The van der Waals surface area contributed by atoms with Crippen LogP contribution in [0.4, 0.5) is 43.9 Å². The zero-order chi connectivity index (χ0) is 40.1. The monoisotopic (exact) mass is 777 g/mol. The van der Waals surface area contributed by atoms with Crippen LogP contribution < -0.4 is 4.74 Å². The van der Waals surface area contributed by atoms with Gasteiger partial charge in [0.15, 0.2) is 0 Å². The number of hydrogen-bond donors (Lipinski definition) is 1. The molecule has 0 amide bonds. The molecule has 0 saturated carbocycles. The molecular formula is C38H37F10NO5.